The molecule has 2 aliphatic rings. The van der Waals surface area contributed by atoms with E-state index in [0.29, 0.717) is 20.6 Å². The minimum absolute atomic E-state index is 0.0574. The summed E-state index contributed by atoms with van der Waals surface area (Å²) in [6.45, 7) is 1.66. The Morgan fingerprint density at radius 2 is 1.91 bits per heavy atom. The fraction of sp³-hybridized carbons (Fsp3) is 0.280. The van der Waals surface area contributed by atoms with Gasteiger partial charge in [-0.15, -0.1) is 0 Å². The number of fused-ring (bicyclic) bond motifs is 2. The lowest BCUT2D eigenvalue weighted by Gasteiger charge is -2.43. The summed E-state index contributed by atoms with van der Waals surface area (Å²) in [5, 5.41) is 4.06. The lowest BCUT2D eigenvalue weighted by Crippen LogP contribution is -2.45. The second kappa shape index (κ2) is 8.34. The largest absolute Gasteiger partial charge is 0.356 e. The molecule has 34 heavy (non-hydrogen) atoms. The number of hydrogen-bond donors (Lipinski definition) is 2. The first-order chi connectivity index (χ1) is 16.5. The maximum absolute atomic E-state index is 13.2. The van der Waals surface area contributed by atoms with Gasteiger partial charge in [-0.3, -0.25) is 9.89 Å². The van der Waals surface area contributed by atoms with Crippen LogP contribution in [-0.2, 0) is 6.42 Å². The molecule has 1 fully saturated rings. The van der Waals surface area contributed by atoms with Crippen molar-refractivity contribution in [2.75, 3.05) is 18.0 Å². The maximum atomic E-state index is 13.2. The van der Waals surface area contributed by atoms with Gasteiger partial charge in [0.05, 0.1) is 10.0 Å². The lowest BCUT2D eigenvalue weighted by molar-refractivity contribution is 0.187. The molecule has 1 saturated heterocycles. The van der Waals surface area contributed by atoms with Crippen LogP contribution in [0.2, 0.25) is 10.0 Å². The number of nitrogens with one attached hydrogen (secondary N) is 1. The van der Waals surface area contributed by atoms with E-state index in [-0.39, 0.29) is 16.9 Å². The van der Waals surface area contributed by atoms with Crippen molar-refractivity contribution >= 4 is 46.4 Å². The third-order valence-electron chi connectivity index (χ3n) is 7.31. The van der Waals surface area contributed by atoms with Gasteiger partial charge in [-0.05, 0) is 47.9 Å². The highest BCUT2D eigenvalue weighted by atomic mass is 35.5. The van der Waals surface area contributed by atoms with Crippen LogP contribution in [0.3, 0.4) is 0 Å². The maximum Gasteiger partial charge on any atom is 0.200 e. The first-order valence-corrected chi connectivity index (χ1v) is 12.8. The van der Waals surface area contributed by atoms with Gasteiger partial charge in [-0.2, -0.15) is 0 Å². The third kappa shape index (κ3) is 3.45. The Balaban J connectivity index is 1.30. The quantitative estimate of drug-likeness (QED) is 0.388. The molecule has 2 aromatic carbocycles. The number of anilines is 1. The second-order valence-corrected chi connectivity index (χ2v) is 10.9. The zero-order valence-electron chi connectivity index (χ0n) is 18.3. The summed E-state index contributed by atoms with van der Waals surface area (Å²) in [6.07, 6.45) is 4.58. The molecule has 6 nitrogen and oxygen atoms in total. The number of pyridine rings is 1. The van der Waals surface area contributed by atoms with E-state index in [4.69, 9.17) is 28.9 Å². The van der Waals surface area contributed by atoms with Crippen molar-refractivity contribution in [1.29, 1.82) is 0 Å². The SMILES string of the molecule is NC1c2ccccc2CC12CCN(c1cc(=O)c(Sc3cccc(Cl)c3Cl)c3nc[nH]n13)CC2. The van der Waals surface area contributed by atoms with Crippen molar-refractivity contribution in [2.24, 2.45) is 11.1 Å². The second-order valence-electron chi connectivity index (χ2n) is 9.10. The minimum Gasteiger partial charge on any atom is -0.356 e. The lowest BCUT2D eigenvalue weighted by atomic mass is 9.73. The highest BCUT2D eigenvalue weighted by Gasteiger charge is 2.46. The first-order valence-electron chi connectivity index (χ1n) is 11.3. The van der Waals surface area contributed by atoms with Gasteiger partial charge in [-0.1, -0.05) is 65.3 Å². The molecule has 2 aromatic heterocycles. The van der Waals surface area contributed by atoms with Gasteiger partial charge < -0.3 is 10.6 Å². The summed E-state index contributed by atoms with van der Waals surface area (Å²) in [5.74, 6) is 0.818. The molecule has 0 amide bonds. The molecule has 0 saturated carbocycles. The zero-order valence-corrected chi connectivity index (χ0v) is 20.6. The van der Waals surface area contributed by atoms with E-state index in [1.165, 1.54) is 22.9 Å². The Morgan fingerprint density at radius 1 is 1.12 bits per heavy atom. The molecule has 4 aromatic rings. The molecule has 6 rings (SSSR count). The van der Waals surface area contributed by atoms with Crippen molar-refractivity contribution in [3.63, 3.8) is 0 Å². The fourth-order valence-corrected chi connectivity index (χ4v) is 6.88. The number of aromatic nitrogens is 3. The topological polar surface area (TPSA) is 79.4 Å². The van der Waals surface area contributed by atoms with Crippen molar-refractivity contribution in [2.45, 2.75) is 35.1 Å². The molecule has 0 radical (unpaired) electrons. The van der Waals surface area contributed by atoms with E-state index in [1.54, 1.807) is 18.5 Å². The Labute approximate surface area is 211 Å². The Bertz CT molecular complexity index is 1460. The molecule has 9 heteroatoms. The molecule has 0 bridgehead atoms. The number of nitrogens with two attached hydrogens (primary N) is 1. The van der Waals surface area contributed by atoms with Gasteiger partial charge >= 0.3 is 0 Å². The molecule has 3 N–H and O–H groups in total. The third-order valence-corrected chi connectivity index (χ3v) is 9.38. The normalized spacial score (nSPS) is 19.1. The van der Waals surface area contributed by atoms with Gasteiger partial charge in [0.15, 0.2) is 11.1 Å². The van der Waals surface area contributed by atoms with E-state index >= 15 is 0 Å². The van der Waals surface area contributed by atoms with E-state index in [1.807, 2.05) is 16.6 Å². The predicted octanol–water partition coefficient (Wildman–Crippen LogP) is 5.32. The Hall–Kier alpha value is -2.45. The van der Waals surface area contributed by atoms with Crippen LogP contribution in [0.4, 0.5) is 5.82 Å². The van der Waals surface area contributed by atoms with Gasteiger partial charge in [0.2, 0.25) is 0 Å². The highest BCUT2D eigenvalue weighted by Crippen LogP contribution is 2.51. The first kappa shape index (κ1) is 22.0. The average Bonchev–Trinajstić information content (AvgIpc) is 3.43. The van der Waals surface area contributed by atoms with E-state index in [0.717, 1.165) is 43.1 Å². The number of benzene rings is 2. The molecule has 174 valence electrons. The molecule has 1 aliphatic heterocycles. The van der Waals surface area contributed by atoms with Crippen molar-refractivity contribution in [1.82, 2.24) is 14.6 Å². The van der Waals surface area contributed by atoms with E-state index in [9.17, 15) is 4.79 Å². The monoisotopic (exact) mass is 511 g/mol. The number of piperidine rings is 1. The van der Waals surface area contributed by atoms with Crippen LogP contribution in [0.1, 0.15) is 30.0 Å². The van der Waals surface area contributed by atoms with Gasteiger partial charge in [0.25, 0.3) is 0 Å². The van der Waals surface area contributed by atoms with Crippen molar-refractivity contribution in [3.8, 4) is 0 Å². The van der Waals surface area contributed by atoms with Crippen LogP contribution >= 0.6 is 35.0 Å². The van der Waals surface area contributed by atoms with Crippen LogP contribution in [0.5, 0.6) is 0 Å². The van der Waals surface area contributed by atoms with Gasteiger partial charge in [0, 0.05) is 30.1 Å². The van der Waals surface area contributed by atoms with Crippen molar-refractivity contribution in [3.05, 3.63) is 86.3 Å². The summed E-state index contributed by atoms with van der Waals surface area (Å²) in [7, 11) is 0. The summed E-state index contributed by atoms with van der Waals surface area (Å²) < 4.78 is 1.88. The minimum atomic E-state index is -0.0894. The average molecular weight is 512 g/mol. The summed E-state index contributed by atoms with van der Waals surface area (Å²) >= 11 is 13.8. The number of halogens is 2. The number of rotatable bonds is 3. The Kier molecular flexibility index (Phi) is 5.41. The molecule has 1 atom stereocenters. The van der Waals surface area contributed by atoms with Crippen LogP contribution < -0.4 is 16.1 Å². The standard InChI is InChI=1S/C25H23Cl2N5OS/c26-17-6-3-7-19(21(17)27)34-22-18(33)12-20(32-24(22)29-14-30-32)31-10-8-25(9-11-31)13-15-4-1-2-5-16(15)23(25)28/h1-7,12,14,23H,8-11,13,28H2,(H,29,30). The van der Waals surface area contributed by atoms with E-state index < -0.39 is 0 Å². The molecule has 1 spiro atoms. The Morgan fingerprint density at radius 3 is 2.71 bits per heavy atom. The van der Waals surface area contributed by atoms with Crippen LogP contribution in [0.15, 0.2) is 69.4 Å². The molecule has 1 aliphatic carbocycles. The number of hydrogen-bond acceptors (Lipinski definition) is 5. The predicted molar refractivity (Wildman–Crippen MR) is 137 cm³/mol. The van der Waals surface area contributed by atoms with Crippen LogP contribution in [0, 0.1) is 5.41 Å². The molecule has 3 heterocycles. The summed E-state index contributed by atoms with van der Waals surface area (Å²) in [5.41, 5.74) is 9.96. The summed E-state index contributed by atoms with van der Waals surface area (Å²) in [4.78, 5) is 21.2. The van der Waals surface area contributed by atoms with Gasteiger partial charge in [0.1, 0.15) is 17.0 Å². The molecular weight excluding hydrogens is 489 g/mol. The zero-order chi connectivity index (χ0) is 23.4. The fourth-order valence-electron chi connectivity index (χ4n) is 5.45. The van der Waals surface area contributed by atoms with Crippen LogP contribution in [-0.4, -0.2) is 27.7 Å². The van der Waals surface area contributed by atoms with E-state index in [2.05, 4.69) is 39.2 Å². The summed E-state index contributed by atoms with van der Waals surface area (Å²) in [6, 6.07) is 15.7. The molecule has 1 unspecified atom stereocenters. The smallest absolute Gasteiger partial charge is 0.200 e. The number of H-pyrrole nitrogens is 1. The molecular formula is C25H23Cl2N5OS. The number of aromatic amines is 1. The van der Waals surface area contributed by atoms with Crippen molar-refractivity contribution < 1.29 is 0 Å². The highest BCUT2D eigenvalue weighted by molar-refractivity contribution is 7.99. The van der Waals surface area contributed by atoms with Crippen LogP contribution in [0.25, 0.3) is 5.65 Å². The van der Waals surface area contributed by atoms with Gasteiger partial charge in [-0.25, -0.2) is 9.50 Å². The number of nitrogens with zero attached hydrogens (tertiary/aromatic N) is 3.